The minimum absolute atomic E-state index is 0.165. The quantitative estimate of drug-likeness (QED) is 0.783. The molecule has 100 valence electrons. The molecule has 0 fully saturated rings. The Morgan fingerprint density at radius 1 is 1.16 bits per heavy atom. The van der Waals surface area contributed by atoms with E-state index >= 15 is 0 Å². The van der Waals surface area contributed by atoms with Gasteiger partial charge in [0, 0.05) is 20.7 Å². The van der Waals surface area contributed by atoms with Crippen molar-refractivity contribution in [3.8, 4) is 5.75 Å². The van der Waals surface area contributed by atoms with Crippen LogP contribution in [0.5, 0.6) is 5.75 Å². The highest BCUT2D eigenvalue weighted by Gasteiger charge is 2.12. The Hall–Kier alpha value is -1.04. The highest BCUT2D eigenvalue weighted by molar-refractivity contribution is 9.11. The minimum atomic E-state index is -0.715. The van der Waals surface area contributed by atoms with Crippen LogP contribution in [0, 0.1) is 0 Å². The first-order chi connectivity index (χ1) is 9.06. The topological polar surface area (TPSA) is 55.5 Å². The zero-order valence-corrected chi connectivity index (χ0v) is 13.2. The lowest BCUT2D eigenvalue weighted by Gasteiger charge is -2.14. The van der Waals surface area contributed by atoms with E-state index in [0.717, 1.165) is 14.5 Å². The van der Waals surface area contributed by atoms with Gasteiger partial charge in [-0.05, 0) is 35.9 Å². The monoisotopic (exact) mass is 385 g/mol. The summed E-state index contributed by atoms with van der Waals surface area (Å²) in [5, 5.41) is 10.1. The van der Waals surface area contributed by atoms with Gasteiger partial charge in [0.15, 0.2) is 0 Å². The molecule has 0 saturated carbocycles. The number of hydrogen-bond donors (Lipinski definition) is 2. The fraction of sp³-hybridized carbons (Fsp3) is 0.143. The van der Waals surface area contributed by atoms with Gasteiger partial charge >= 0.3 is 0 Å². The third-order valence-corrected chi connectivity index (χ3v) is 3.80. The van der Waals surface area contributed by atoms with Crippen LogP contribution in [0.3, 0.4) is 0 Å². The van der Waals surface area contributed by atoms with Crippen LogP contribution in [0.4, 0.5) is 5.69 Å². The first kappa shape index (κ1) is 14.4. The third kappa shape index (κ3) is 3.96. The van der Waals surface area contributed by atoms with Gasteiger partial charge in [-0.2, -0.15) is 0 Å². The maximum absolute atomic E-state index is 10.1. The van der Waals surface area contributed by atoms with Crippen molar-refractivity contribution in [2.75, 3.05) is 12.3 Å². The predicted molar refractivity (Wildman–Crippen MR) is 83.2 cm³/mol. The van der Waals surface area contributed by atoms with Crippen LogP contribution in [0.15, 0.2) is 51.4 Å². The van der Waals surface area contributed by atoms with Gasteiger partial charge < -0.3 is 15.6 Å². The van der Waals surface area contributed by atoms with E-state index in [-0.39, 0.29) is 6.61 Å². The number of anilines is 1. The molecule has 0 aliphatic carbocycles. The molecule has 0 amide bonds. The molecule has 0 radical (unpaired) electrons. The van der Waals surface area contributed by atoms with Crippen molar-refractivity contribution >= 4 is 37.5 Å². The van der Waals surface area contributed by atoms with Gasteiger partial charge in [0.25, 0.3) is 0 Å². The molecule has 1 atom stereocenters. The summed E-state index contributed by atoms with van der Waals surface area (Å²) in [6.07, 6.45) is -0.715. The van der Waals surface area contributed by atoms with Crippen LogP contribution in [-0.4, -0.2) is 11.7 Å². The van der Waals surface area contributed by atoms with Gasteiger partial charge in [0.05, 0.1) is 0 Å². The standard InChI is InChI=1S/C14H13Br2NO2/c15-9-4-5-13(16)12(6-9)14(18)8-19-11-3-1-2-10(17)7-11/h1-7,14,18H,8,17H2. The van der Waals surface area contributed by atoms with Crippen LogP contribution in [-0.2, 0) is 0 Å². The molecule has 2 rings (SSSR count). The zero-order valence-electron chi connectivity index (χ0n) is 10.0. The first-order valence-corrected chi connectivity index (χ1v) is 7.26. The minimum Gasteiger partial charge on any atom is -0.490 e. The summed E-state index contributed by atoms with van der Waals surface area (Å²) in [5.74, 6) is 0.644. The SMILES string of the molecule is Nc1cccc(OCC(O)c2cc(Br)ccc2Br)c1. The molecule has 0 aromatic heterocycles. The van der Waals surface area contributed by atoms with Crippen molar-refractivity contribution in [1.29, 1.82) is 0 Å². The Balaban J connectivity index is 2.05. The van der Waals surface area contributed by atoms with Crippen LogP contribution in [0.2, 0.25) is 0 Å². The molecule has 2 aromatic carbocycles. The first-order valence-electron chi connectivity index (χ1n) is 5.67. The van der Waals surface area contributed by atoms with Crippen molar-refractivity contribution < 1.29 is 9.84 Å². The number of hydrogen-bond acceptors (Lipinski definition) is 3. The molecular formula is C14H13Br2NO2. The molecular weight excluding hydrogens is 374 g/mol. The second-order valence-corrected chi connectivity index (χ2v) is 5.84. The number of ether oxygens (including phenoxy) is 1. The average Bonchev–Trinajstić information content (AvgIpc) is 2.39. The summed E-state index contributed by atoms with van der Waals surface area (Å²) in [4.78, 5) is 0. The highest BCUT2D eigenvalue weighted by atomic mass is 79.9. The largest absolute Gasteiger partial charge is 0.490 e. The normalized spacial score (nSPS) is 12.2. The second-order valence-electron chi connectivity index (χ2n) is 4.07. The van der Waals surface area contributed by atoms with E-state index in [2.05, 4.69) is 31.9 Å². The van der Waals surface area contributed by atoms with Crippen molar-refractivity contribution in [2.24, 2.45) is 0 Å². The second kappa shape index (κ2) is 6.41. The van der Waals surface area contributed by atoms with Crippen molar-refractivity contribution in [2.45, 2.75) is 6.10 Å². The Morgan fingerprint density at radius 3 is 2.68 bits per heavy atom. The number of nitrogen functional groups attached to an aromatic ring is 1. The number of aliphatic hydroxyl groups is 1. The Kier molecular flexibility index (Phi) is 4.85. The van der Waals surface area contributed by atoms with Gasteiger partial charge in [-0.3, -0.25) is 0 Å². The van der Waals surface area contributed by atoms with E-state index in [4.69, 9.17) is 10.5 Å². The molecule has 1 unspecified atom stereocenters. The molecule has 5 heteroatoms. The molecule has 0 saturated heterocycles. The molecule has 19 heavy (non-hydrogen) atoms. The molecule has 0 spiro atoms. The molecule has 0 aliphatic heterocycles. The molecule has 0 heterocycles. The van der Waals surface area contributed by atoms with E-state index in [9.17, 15) is 5.11 Å². The van der Waals surface area contributed by atoms with E-state index in [1.807, 2.05) is 24.3 Å². The van der Waals surface area contributed by atoms with Crippen LogP contribution in [0.25, 0.3) is 0 Å². The van der Waals surface area contributed by atoms with Crippen molar-refractivity contribution in [3.63, 3.8) is 0 Å². The predicted octanol–water partition coefficient (Wildman–Crippen LogP) is 3.91. The lowest BCUT2D eigenvalue weighted by molar-refractivity contribution is 0.107. The lowest BCUT2D eigenvalue weighted by Crippen LogP contribution is -2.10. The smallest absolute Gasteiger partial charge is 0.121 e. The molecule has 3 nitrogen and oxygen atoms in total. The Morgan fingerprint density at radius 2 is 1.95 bits per heavy atom. The van der Waals surface area contributed by atoms with Gasteiger partial charge in [-0.1, -0.05) is 37.9 Å². The van der Waals surface area contributed by atoms with Crippen LogP contribution < -0.4 is 10.5 Å². The maximum Gasteiger partial charge on any atom is 0.121 e. The summed E-state index contributed by atoms with van der Waals surface area (Å²) < 4.78 is 7.29. The van der Waals surface area contributed by atoms with Gasteiger partial charge in [-0.15, -0.1) is 0 Å². The summed E-state index contributed by atoms with van der Waals surface area (Å²) in [5.41, 5.74) is 7.07. The van der Waals surface area contributed by atoms with Crippen molar-refractivity contribution in [1.82, 2.24) is 0 Å². The molecule has 0 aliphatic rings. The van der Waals surface area contributed by atoms with Crippen LogP contribution >= 0.6 is 31.9 Å². The van der Waals surface area contributed by atoms with Crippen LogP contribution in [0.1, 0.15) is 11.7 Å². The summed E-state index contributed by atoms with van der Waals surface area (Å²) in [6.45, 7) is 0.165. The third-order valence-electron chi connectivity index (χ3n) is 2.58. The summed E-state index contributed by atoms with van der Waals surface area (Å²) in [6, 6.07) is 12.8. The van der Waals surface area contributed by atoms with Gasteiger partial charge in [0.2, 0.25) is 0 Å². The van der Waals surface area contributed by atoms with Crippen molar-refractivity contribution in [3.05, 3.63) is 57.0 Å². The molecule has 0 bridgehead atoms. The fourth-order valence-electron chi connectivity index (χ4n) is 1.64. The zero-order chi connectivity index (χ0) is 13.8. The van der Waals surface area contributed by atoms with Gasteiger partial charge in [0.1, 0.15) is 18.5 Å². The molecule has 3 N–H and O–H groups in total. The number of halogens is 2. The Bertz CT molecular complexity index is 575. The number of nitrogens with two attached hydrogens (primary N) is 1. The fourth-order valence-corrected chi connectivity index (χ4v) is 2.53. The average molecular weight is 387 g/mol. The van der Waals surface area contributed by atoms with E-state index in [1.165, 1.54) is 0 Å². The van der Waals surface area contributed by atoms with E-state index < -0.39 is 6.10 Å². The highest BCUT2D eigenvalue weighted by Crippen LogP contribution is 2.27. The van der Waals surface area contributed by atoms with E-state index in [1.54, 1.807) is 18.2 Å². The molecule has 2 aromatic rings. The summed E-state index contributed by atoms with van der Waals surface area (Å²) in [7, 11) is 0. The van der Waals surface area contributed by atoms with Gasteiger partial charge in [-0.25, -0.2) is 0 Å². The Labute approximate surface area is 128 Å². The maximum atomic E-state index is 10.1. The number of aliphatic hydroxyl groups excluding tert-OH is 1. The van der Waals surface area contributed by atoms with E-state index in [0.29, 0.717) is 11.4 Å². The number of rotatable bonds is 4. The lowest BCUT2D eigenvalue weighted by atomic mass is 10.1. The number of benzene rings is 2. The summed E-state index contributed by atoms with van der Waals surface area (Å²) >= 11 is 6.79.